The molecule has 1 saturated heterocycles. The highest BCUT2D eigenvalue weighted by molar-refractivity contribution is 6.34. The molecule has 2 heterocycles. The molecule has 5 rings (SSSR count). The van der Waals surface area contributed by atoms with E-state index in [1.54, 1.807) is 47.4 Å². The van der Waals surface area contributed by atoms with Gasteiger partial charge in [0.1, 0.15) is 5.75 Å². The van der Waals surface area contributed by atoms with E-state index in [0.717, 1.165) is 21.7 Å². The summed E-state index contributed by atoms with van der Waals surface area (Å²) in [5, 5.41) is 0. The molecule has 2 aliphatic rings. The molecular formula is C27H22N2O5. The van der Waals surface area contributed by atoms with Gasteiger partial charge in [0, 0.05) is 24.7 Å². The van der Waals surface area contributed by atoms with Crippen LogP contribution in [0.4, 0.5) is 11.4 Å². The lowest BCUT2D eigenvalue weighted by Crippen LogP contribution is -2.29. The second kappa shape index (κ2) is 8.26. The third kappa shape index (κ3) is 3.55. The summed E-state index contributed by atoms with van der Waals surface area (Å²) in [6.07, 6.45) is 0.0598. The van der Waals surface area contributed by atoms with E-state index >= 15 is 0 Å². The molecule has 0 aromatic heterocycles. The first kappa shape index (κ1) is 21.6. The maximum atomic E-state index is 12.9. The second-order valence-corrected chi connectivity index (χ2v) is 8.53. The first-order chi connectivity index (χ1) is 16.3. The first-order valence-corrected chi connectivity index (χ1v) is 11.0. The third-order valence-corrected chi connectivity index (χ3v) is 6.41. The van der Waals surface area contributed by atoms with Crippen molar-refractivity contribution in [2.45, 2.75) is 20.3 Å². The molecule has 170 valence electrons. The van der Waals surface area contributed by atoms with E-state index in [9.17, 15) is 19.2 Å². The van der Waals surface area contributed by atoms with Crippen molar-refractivity contribution in [3.05, 3.63) is 89.0 Å². The van der Waals surface area contributed by atoms with Crippen molar-refractivity contribution in [1.82, 2.24) is 0 Å². The van der Waals surface area contributed by atoms with Crippen LogP contribution in [0.25, 0.3) is 0 Å². The van der Waals surface area contributed by atoms with Crippen LogP contribution in [0.15, 0.2) is 66.7 Å². The number of anilines is 2. The normalized spacial score (nSPS) is 17.4. The van der Waals surface area contributed by atoms with Crippen LogP contribution in [-0.2, 0) is 9.59 Å². The molecule has 34 heavy (non-hydrogen) atoms. The molecule has 0 spiro atoms. The summed E-state index contributed by atoms with van der Waals surface area (Å²) in [4.78, 5) is 53.8. The van der Waals surface area contributed by atoms with Gasteiger partial charge in [0.15, 0.2) is 0 Å². The van der Waals surface area contributed by atoms with Gasteiger partial charge in [-0.1, -0.05) is 30.3 Å². The molecule has 0 unspecified atom stereocenters. The largest absolute Gasteiger partial charge is 0.426 e. The first-order valence-electron chi connectivity index (χ1n) is 11.0. The fraction of sp³-hybridized carbons (Fsp3) is 0.185. The second-order valence-electron chi connectivity index (χ2n) is 8.53. The average Bonchev–Trinajstić information content (AvgIpc) is 3.33. The summed E-state index contributed by atoms with van der Waals surface area (Å²) in [6, 6.07) is 18.7. The molecule has 0 N–H and O–H groups in total. The van der Waals surface area contributed by atoms with Crippen molar-refractivity contribution in [1.29, 1.82) is 0 Å². The lowest BCUT2D eigenvalue weighted by molar-refractivity contribution is -0.139. The van der Waals surface area contributed by atoms with E-state index in [1.165, 1.54) is 6.07 Å². The molecule has 0 bridgehead atoms. The van der Waals surface area contributed by atoms with Crippen molar-refractivity contribution < 1.29 is 23.9 Å². The summed E-state index contributed by atoms with van der Waals surface area (Å²) in [6.45, 7) is 4.17. The highest BCUT2D eigenvalue weighted by Gasteiger charge is 2.38. The van der Waals surface area contributed by atoms with Crippen LogP contribution in [0.5, 0.6) is 5.75 Å². The van der Waals surface area contributed by atoms with E-state index < -0.39 is 23.7 Å². The molecule has 3 aromatic rings. The zero-order chi connectivity index (χ0) is 24.0. The standard InChI is InChI=1S/C27H22N2O5/c1-16-7-5-12-23(17(16)2)28-15-18(13-24(28)30)27(33)34-20-9-6-8-19(14-20)29-25(31)21-10-3-4-11-22(21)26(29)32/h3-12,14,18H,13,15H2,1-2H3/t18-/m0/s1. The summed E-state index contributed by atoms with van der Waals surface area (Å²) < 4.78 is 5.57. The van der Waals surface area contributed by atoms with Crippen molar-refractivity contribution >= 4 is 35.1 Å². The van der Waals surface area contributed by atoms with Crippen molar-refractivity contribution in [2.24, 2.45) is 5.92 Å². The number of benzene rings is 3. The van der Waals surface area contributed by atoms with Gasteiger partial charge in [0.2, 0.25) is 5.91 Å². The molecule has 0 aliphatic carbocycles. The Bertz CT molecular complexity index is 1330. The van der Waals surface area contributed by atoms with Gasteiger partial charge in [-0.3, -0.25) is 19.2 Å². The van der Waals surface area contributed by atoms with Gasteiger partial charge in [-0.25, -0.2) is 4.90 Å². The number of aryl methyl sites for hydroxylation is 1. The van der Waals surface area contributed by atoms with Crippen LogP contribution in [0.2, 0.25) is 0 Å². The van der Waals surface area contributed by atoms with Gasteiger partial charge >= 0.3 is 5.97 Å². The maximum absolute atomic E-state index is 12.9. The zero-order valence-electron chi connectivity index (χ0n) is 18.8. The molecule has 1 atom stereocenters. The van der Waals surface area contributed by atoms with E-state index in [0.29, 0.717) is 16.8 Å². The van der Waals surface area contributed by atoms with E-state index in [2.05, 4.69) is 0 Å². The molecule has 7 nitrogen and oxygen atoms in total. The molecule has 1 fully saturated rings. The third-order valence-electron chi connectivity index (χ3n) is 6.41. The van der Waals surface area contributed by atoms with Crippen LogP contribution < -0.4 is 14.5 Å². The number of ether oxygens (including phenoxy) is 1. The number of fused-ring (bicyclic) bond motifs is 1. The topological polar surface area (TPSA) is 84.0 Å². The number of amides is 3. The van der Waals surface area contributed by atoms with E-state index in [-0.39, 0.29) is 24.6 Å². The van der Waals surface area contributed by atoms with Crippen LogP contribution in [-0.4, -0.2) is 30.2 Å². The maximum Gasteiger partial charge on any atom is 0.316 e. The molecule has 7 heteroatoms. The van der Waals surface area contributed by atoms with E-state index in [4.69, 9.17) is 4.74 Å². The minimum Gasteiger partial charge on any atom is -0.426 e. The number of carbonyl (C=O) groups is 4. The van der Waals surface area contributed by atoms with Gasteiger partial charge in [-0.15, -0.1) is 0 Å². The molecular weight excluding hydrogens is 432 g/mol. The van der Waals surface area contributed by atoms with Gasteiger partial charge in [0.05, 0.1) is 22.7 Å². The molecule has 3 amide bonds. The number of hydrogen-bond acceptors (Lipinski definition) is 5. The number of nitrogens with zero attached hydrogens (tertiary/aromatic N) is 2. The predicted molar refractivity (Wildman–Crippen MR) is 126 cm³/mol. The van der Waals surface area contributed by atoms with Gasteiger partial charge in [-0.05, 0) is 55.3 Å². The van der Waals surface area contributed by atoms with E-state index in [1.807, 2.05) is 32.0 Å². The molecule has 0 radical (unpaired) electrons. The Balaban J connectivity index is 1.32. The van der Waals surface area contributed by atoms with Crippen molar-refractivity contribution in [3.8, 4) is 5.75 Å². The highest BCUT2D eigenvalue weighted by atomic mass is 16.5. The molecule has 0 saturated carbocycles. The predicted octanol–water partition coefficient (Wildman–Crippen LogP) is 4.06. The average molecular weight is 454 g/mol. The summed E-state index contributed by atoms with van der Waals surface area (Å²) in [5.74, 6) is -1.91. The number of hydrogen-bond donors (Lipinski definition) is 0. The SMILES string of the molecule is Cc1cccc(N2C[C@@H](C(=O)Oc3cccc(N4C(=O)c5ccccc5C4=O)c3)CC2=O)c1C. The number of carbonyl (C=O) groups excluding carboxylic acids is 4. The number of imide groups is 1. The quantitative estimate of drug-likeness (QED) is 0.337. The lowest BCUT2D eigenvalue weighted by atomic mass is 10.1. The minimum absolute atomic E-state index is 0.0598. The minimum atomic E-state index is -0.615. The highest BCUT2D eigenvalue weighted by Crippen LogP contribution is 2.32. The zero-order valence-corrected chi connectivity index (χ0v) is 18.8. The Morgan fingerprint density at radius 2 is 1.56 bits per heavy atom. The number of rotatable bonds is 4. The Hall–Kier alpha value is -4.26. The van der Waals surface area contributed by atoms with Crippen LogP contribution in [0.1, 0.15) is 38.3 Å². The summed E-state index contributed by atoms with van der Waals surface area (Å²) in [5.41, 5.74) is 3.86. The van der Waals surface area contributed by atoms with Crippen molar-refractivity contribution in [3.63, 3.8) is 0 Å². The Kier molecular flexibility index (Phi) is 5.24. The lowest BCUT2D eigenvalue weighted by Gasteiger charge is -2.20. The van der Waals surface area contributed by atoms with Crippen LogP contribution in [0, 0.1) is 19.8 Å². The summed E-state index contributed by atoms with van der Waals surface area (Å²) >= 11 is 0. The fourth-order valence-electron chi connectivity index (χ4n) is 4.44. The smallest absolute Gasteiger partial charge is 0.316 e. The van der Waals surface area contributed by atoms with Crippen LogP contribution in [0.3, 0.4) is 0 Å². The van der Waals surface area contributed by atoms with Crippen LogP contribution >= 0.6 is 0 Å². The van der Waals surface area contributed by atoms with Gasteiger partial charge in [-0.2, -0.15) is 0 Å². The Morgan fingerprint density at radius 1 is 0.882 bits per heavy atom. The Labute approximate surface area is 196 Å². The fourth-order valence-corrected chi connectivity index (χ4v) is 4.44. The Morgan fingerprint density at radius 3 is 2.26 bits per heavy atom. The van der Waals surface area contributed by atoms with Crippen molar-refractivity contribution in [2.75, 3.05) is 16.3 Å². The molecule has 3 aromatic carbocycles. The van der Waals surface area contributed by atoms with Gasteiger partial charge in [0.25, 0.3) is 11.8 Å². The number of esters is 1. The summed E-state index contributed by atoms with van der Waals surface area (Å²) in [7, 11) is 0. The van der Waals surface area contributed by atoms with Gasteiger partial charge < -0.3 is 9.64 Å². The molecule has 2 aliphatic heterocycles. The monoisotopic (exact) mass is 454 g/mol.